The number of hydrogen-bond donors (Lipinski definition) is 0. The molecule has 1 spiro atoms. The molecule has 3 heterocycles. The average molecular weight is 324 g/mol. The van der Waals surface area contributed by atoms with Crippen molar-refractivity contribution in [3.8, 4) is 0 Å². The molecule has 0 saturated carbocycles. The Morgan fingerprint density at radius 1 is 0.958 bits per heavy atom. The van der Waals surface area contributed by atoms with Gasteiger partial charge in [0.05, 0.1) is 6.54 Å². The minimum atomic E-state index is 0.355. The Morgan fingerprint density at radius 2 is 1.75 bits per heavy atom. The molecule has 24 heavy (non-hydrogen) atoms. The van der Waals surface area contributed by atoms with Crippen LogP contribution in [0.2, 0.25) is 0 Å². The maximum Gasteiger partial charge on any atom is 0.118 e. The van der Waals surface area contributed by atoms with Gasteiger partial charge < -0.3 is 4.42 Å². The summed E-state index contributed by atoms with van der Waals surface area (Å²) in [5, 5.41) is 0. The summed E-state index contributed by atoms with van der Waals surface area (Å²) in [6.07, 6.45) is 5.29. The van der Waals surface area contributed by atoms with Crippen LogP contribution < -0.4 is 0 Å². The Labute approximate surface area is 145 Å². The van der Waals surface area contributed by atoms with Crippen molar-refractivity contribution in [3.63, 3.8) is 0 Å². The number of piperidine rings is 1. The quantitative estimate of drug-likeness (QED) is 0.839. The summed E-state index contributed by atoms with van der Waals surface area (Å²) in [4.78, 5) is 5.35. The Kier molecular flexibility index (Phi) is 4.47. The summed E-state index contributed by atoms with van der Waals surface area (Å²) in [5.41, 5.74) is 1.79. The summed E-state index contributed by atoms with van der Waals surface area (Å²) in [7, 11) is 0. The Hall–Kier alpha value is -1.58. The van der Waals surface area contributed by atoms with Crippen LogP contribution in [0, 0.1) is 6.92 Å². The third kappa shape index (κ3) is 3.28. The molecule has 1 atom stereocenters. The van der Waals surface area contributed by atoms with E-state index in [1.807, 2.05) is 6.92 Å². The molecule has 2 fully saturated rings. The molecule has 2 aromatic rings. The monoisotopic (exact) mass is 324 g/mol. The summed E-state index contributed by atoms with van der Waals surface area (Å²) in [5.74, 6) is 2.14. The maximum atomic E-state index is 5.85. The lowest BCUT2D eigenvalue weighted by Crippen LogP contribution is -2.55. The van der Waals surface area contributed by atoms with Crippen molar-refractivity contribution >= 4 is 0 Å². The van der Waals surface area contributed by atoms with E-state index in [-0.39, 0.29) is 0 Å². The lowest BCUT2D eigenvalue weighted by molar-refractivity contribution is 0.0290. The molecule has 0 radical (unpaired) electrons. The van der Waals surface area contributed by atoms with E-state index in [1.54, 1.807) is 0 Å². The predicted octanol–water partition coefficient (Wildman–Crippen LogP) is 4.22. The van der Waals surface area contributed by atoms with Crippen molar-refractivity contribution in [3.05, 3.63) is 59.5 Å². The van der Waals surface area contributed by atoms with Crippen LogP contribution in [0.1, 0.15) is 42.8 Å². The van der Waals surface area contributed by atoms with Gasteiger partial charge in [0.25, 0.3) is 0 Å². The van der Waals surface area contributed by atoms with E-state index >= 15 is 0 Å². The fourth-order valence-electron chi connectivity index (χ4n) is 4.64. The molecular weight excluding hydrogens is 296 g/mol. The minimum Gasteiger partial charge on any atom is -0.465 e. The third-order valence-electron chi connectivity index (χ3n) is 5.77. The maximum absolute atomic E-state index is 5.85. The van der Waals surface area contributed by atoms with Crippen LogP contribution in [0.5, 0.6) is 0 Å². The number of nitrogens with zero attached hydrogens (tertiary/aromatic N) is 2. The van der Waals surface area contributed by atoms with Crippen molar-refractivity contribution in [2.45, 2.75) is 51.2 Å². The summed E-state index contributed by atoms with van der Waals surface area (Å²) in [6.45, 7) is 7.71. The molecule has 0 bridgehead atoms. The second kappa shape index (κ2) is 6.73. The first-order valence-corrected chi connectivity index (χ1v) is 9.30. The summed E-state index contributed by atoms with van der Waals surface area (Å²) in [6, 6.07) is 15.1. The van der Waals surface area contributed by atoms with Gasteiger partial charge >= 0.3 is 0 Å². The van der Waals surface area contributed by atoms with Crippen molar-refractivity contribution in [1.29, 1.82) is 0 Å². The van der Waals surface area contributed by atoms with E-state index in [0.717, 1.165) is 24.6 Å². The number of hydrogen-bond acceptors (Lipinski definition) is 3. The van der Waals surface area contributed by atoms with Crippen molar-refractivity contribution < 1.29 is 4.42 Å². The minimum absolute atomic E-state index is 0.355. The van der Waals surface area contributed by atoms with E-state index in [9.17, 15) is 0 Å². The summed E-state index contributed by atoms with van der Waals surface area (Å²) >= 11 is 0. The van der Waals surface area contributed by atoms with E-state index in [0.29, 0.717) is 5.54 Å². The molecule has 2 saturated heterocycles. The van der Waals surface area contributed by atoms with Crippen LogP contribution in [0.25, 0.3) is 0 Å². The number of aryl methyl sites for hydroxylation is 1. The zero-order valence-corrected chi connectivity index (χ0v) is 14.7. The molecule has 3 nitrogen and oxygen atoms in total. The van der Waals surface area contributed by atoms with Crippen LogP contribution in [-0.2, 0) is 13.1 Å². The van der Waals surface area contributed by atoms with Gasteiger partial charge in [0.15, 0.2) is 0 Å². The van der Waals surface area contributed by atoms with Crippen LogP contribution in [0.15, 0.2) is 46.9 Å². The third-order valence-corrected chi connectivity index (χ3v) is 5.77. The topological polar surface area (TPSA) is 19.6 Å². The molecule has 1 aromatic heterocycles. The number of rotatable bonds is 4. The fraction of sp³-hybridized carbons (Fsp3) is 0.524. The van der Waals surface area contributed by atoms with Gasteiger partial charge in [-0.1, -0.05) is 30.3 Å². The van der Waals surface area contributed by atoms with Crippen LogP contribution >= 0.6 is 0 Å². The van der Waals surface area contributed by atoms with Crippen LogP contribution in [0.4, 0.5) is 0 Å². The first-order valence-electron chi connectivity index (χ1n) is 9.30. The lowest BCUT2D eigenvalue weighted by Gasteiger charge is -2.46. The van der Waals surface area contributed by atoms with E-state index in [1.165, 1.54) is 50.9 Å². The molecule has 0 N–H and O–H groups in total. The molecule has 1 aromatic carbocycles. The second-order valence-electron chi connectivity index (χ2n) is 7.56. The van der Waals surface area contributed by atoms with Gasteiger partial charge in [0.2, 0.25) is 0 Å². The molecule has 1 unspecified atom stereocenters. The Bertz CT molecular complexity index is 665. The predicted molar refractivity (Wildman–Crippen MR) is 96.8 cm³/mol. The Balaban J connectivity index is 1.46. The number of benzene rings is 1. The van der Waals surface area contributed by atoms with Crippen LogP contribution in [0.3, 0.4) is 0 Å². The van der Waals surface area contributed by atoms with Gasteiger partial charge in [-0.15, -0.1) is 0 Å². The fourth-order valence-corrected chi connectivity index (χ4v) is 4.64. The molecule has 4 rings (SSSR count). The SMILES string of the molecule is Cc1ccc(CN2CCCC23CCCN(Cc2ccccc2)C3)o1. The first-order chi connectivity index (χ1) is 11.7. The van der Waals surface area contributed by atoms with Crippen molar-refractivity contribution in [2.75, 3.05) is 19.6 Å². The Morgan fingerprint density at radius 3 is 2.50 bits per heavy atom. The highest BCUT2D eigenvalue weighted by molar-refractivity contribution is 5.15. The smallest absolute Gasteiger partial charge is 0.118 e. The number of furan rings is 1. The average Bonchev–Trinajstić information content (AvgIpc) is 3.16. The first kappa shape index (κ1) is 15.9. The second-order valence-corrected chi connectivity index (χ2v) is 7.56. The number of likely N-dealkylation sites (tertiary alicyclic amines) is 2. The van der Waals surface area contributed by atoms with Gasteiger partial charge in [-0.3, -0.25) is 9.80 Å². The highest BCUT2D eigenvalue weighted by atomic mass is 16.3. The van der Waals surface area contributed by atoms with E-state index in [2.05, 4.69) is 52.3 Å². The van der Waals surface area contributed by atoms with Gasteiger partial charge in [-0.25, -0.2) is 0 Å². The summed E-state index contributed by atoms with van der Waals surface area (Å²) < 4.78 is 5.85. The normalized spacial score (nSPS) is 25.5. The molecule has 2 aliphatic rings. The standard InChI is InChI=1S/C21H28N2O/c1-18-9-10-20(24-18)16-23-14-6-12-21(23)11-5-13-22(17-21)15-19-7-3-2-4-8-19/h2-4,7-10H,5-6,11-17H2,1H3. The van der Waals surface area contributed by atoms with Gasteiger partial charge in [-0.05, 0) is 63.4 Å². The van der Waals surface area contributed by atoms with Crippen molar-refractivity contribution in [2.24, 2.45) is 0 Å². The molecule has 0 aliphatic carbocycles. The van der Waals surface area contributed by atoms with Gasteiger partial charge in [0, 0.05) is 18.6 Å². The van der Waals surface area contributed by atoms with E-state index < -0.39 is 0 Å². The largest absolute Gasteiger partial charge is 0.465 e. The van der Waals surface area contributed by atoms with Gasteiger partial charge in [-0.2, -0.15) is 0 Å². The molecule has 128 valence electrons. The van der Waals surface area contributed by atoms with Crippen molar-refractivity contribution in [1.82, 2.24) is 9.80 Å². The lowest BCUT2D eigenvalue weighted by atomic mass is 9.86. The molecular formula is C21H28N2O. The highest BCUT2D eigenvalue weighted by Gasteiger charge is 2.43. The molecule has 2 aliphatic heterocycles. The zero-order chi connectivity index (χ0) is 16.4. The molecule has 3 heteroatoms. The molecule has 0 amide bonds. The van der Waals surface area contributed by atoms with E-state index in [4.69, 9.17) is 4.42 Å². The van der Waals surface area contributed by atoms with Gasteiger partial charge in [0.1, 0.15) is 11.5 Å². The zero-order valence-electron chi connectivity index (χ0n) is 14.7. The van der Waals surface area contributed by atoms with Crippen LogP contribution in [-0.4, -0.2) is 35.0 Å². The highest BCUT2D eigenvalue weighted by Crippen LogP contribution is 2.38.